The molecule has 1 aromatic rings. The van der Waals surface area contributed by atoms with E-state index in [-0.39, 0.29) is 36.1 Å². The number of halogens is 2. The van der Waals surface area contributed by atoms with Gasteiger partial charge in [-0.15, -0.1) is 12.4 Å². The highest BCUT2D eigenvalue weighted by atomic mass is 35.5. The van der Waals surface area contributed by atoms with Gasteiger partial charge in [0.2, 0.25) is 5.91 Å². The van der Waals surface area contributed by atoms with Crippen molar-refractivity contribution < 1.29 is 13.9 Å². The maximum absolute atomic E-state index is 14.0. The van der Waals surface area contributed by atoms with E-state index in [1.807, 2.05) is 0 Å². The lowest BCUT2D eigenvalue weighted by Crippen LogP contribution is -2.33. The Bertz CT molecular complexity index is 513. The molecule has 1 amide bonds. The van der Waals surface area contributed by atoms with Crippen LogP contribution >= 0.6 is 12.4 Å². The number of methoxy groups -OCH3 is 1. The first kappa shape index (κ1) is 18.7. The Hall–Kier alpha value is -1.33. The number of nitrogens with one attached hydrogen (secondary N) is 1. The molecule has 0 aromatic heterocycles. The van der Waals surface area contributed by atoms with Gasteiger partial charge in [0.05, 0.1) is 18.7 Å². The highest BCUT2D eigenvalue weighted by Crippen LogP contribution is 2.29. The Balaban J connectivity index is 0.00000242. The molecule has 0 aliphatic heterocycles. The minimum atomic E-state index is -0.439. The zero-order valence-electron chi connectivity index (χ0n) is 13.0. The van der Waals surface area contributed by atoms with E-state index in [1.54, 1.807) is 19.1 Å². The molecule has 1 fully saturated rings. The molecule has 1 aliphatic carbocycles. The van der Waals surface area contributed by atoms with Crippen LogP contribution in [0, 0.1) is 11.7 Å². The normalized spacial score (nSPS) is 21.8. The number of hydrogen-bond acceptors (Lipinski definition) is 3. The van der Waals surface area contributed by atoms with Gasteiger partial charge in [0, 0.05) is 12.5 Å². The Kier molecular flexibility index (Phi) is 7.10. The summed E-state index contributed by atoms with van der Waals surface area (Å²) in [6, 6.07) is 4.31. The smallest absolute Gasteiger partial charge is 0.220 e. The summed E-state index contributed by atoms with van der Waals surface area (Å²) in [7, 11) is 1.49. The van der Waals surface area contributed by atoms with Gasteiger partial charge >= 0.3 is 0 Å². The number of benzene rings is 1. The minimum Gasteiger partial charge on any atom is -0.496 e. The van der Waals surface area contributed by atoms with Crippen LogP contribution in [0.25, 0.3) is 0 Å². The molecule has 3 atom stereocenters. The van der Waals surface area contributed by atoms with Crippen molar-refractivity contribution in [1.29, 1.82) is 0 Å². The molecular formula is C16H24ClFN2O2. The van der Waals surface area contributed by atoms with Gasteiger partial charge in [0.15, 0.2) is 0 Å². The standard InChI is InChI=1S/C16H23FN2O2.ClH/c1-10(16-12(17)6-4-8-14(16)21-2)19-15(20)9-11-5-3-7-13(11)18;/h4,6,8,10-11,13H,3,5,7,9,18H2,1-2H3,(H,19,20);1H/t10?,11-,13+;/m0./s1. The zero-order valence-corrected chi connectivity index (χ0v) is 13.8. The summed E-state index contributed by atoms with van der Waals surface area (Å²) in [6.45, 7) is 1.76. The topological polar surface area (TPSA) is 64.3 Å². The highest BCUT2D eigenvalue weighted by Gasteiger charge is 2.27. The van der Waals surface area contributed by atoms with Crippen molar-refractivity contribution in [3.05, 3.63) is 29.6 Å². The molecule has 4 nitrogen and oxygen atoms in total. The maximum Gasteiger partial charge on any atom is 0.220 e. The van der Waals surface area contributed by atoms with Crippen LogP contribution in [0.5, 0.6) is 5.75 Å². The van der Waals surface area contributed by atoms with Crippen molar-refractivity contribution in [1.82, 2.24) is 5.32 Å². The summed E-state index contributed by atoms with van der Waals surface area (Å²) in [5, 5.41) is 2.84. The van der Waals surface area contributed by atoms with E-state index in [0.29, 0.717) is 17.7 Å². The van der Waals surface area contributed by atoms with Gasteiger partial charge in [-0.2, -0.15) is 0 Å². The second-order valence-corrected chi connectivity index (χ2v) is 5.70. The predicted octanol–water partition coefficient (Wildman–Crippen LogP) is 2.95. The van der Waals surface area contributed by atoms with Crippen molar-refractivity contribution in [3.8, 4) is 5.75 Å². The van der Waals surface area contributed by atoms with Crippen LogP contribution < -0.4 is 15.8 Å². The van der Waals surface area contributed by atoms with Crippen LogP contribution in [0.15, 0.2) is 18.2 Å². The van der Waals surface area contributed by atoms with Crippen LogP contribution in [0.1, 0.15) is 44.2 Å². The van der Waals surface area contributed by atoms with Crippen LogP contribution in [0.2, 0.25) is 0 Å². The quantitative estimate of drug-likeness (QED) is 0.872. The van der Waals surface area contributed by atoms with E-state index < -0.39 is 6.04 Å². The van der Waals surface area contributed by atoms with Gasteiger partial charge in [-0.25, -0.2) is 4.39 Å². The average Bonchev–Trinajstić information content (AvgIpc) is 2.83. The molecule has 0 bridgehead atoms. The molecule has 1 aliphatic rings. The van der Waals surface area contributed by atoms with Crippen LogP contribution in [-0.4, -0.2) is 19.1 Å². The number of rotatable bonds is 5. The molecule has 0 heterocycles. The Labute approximate surface area is 137 Å². The Morgan fingerprint density at radius 3 is 2.82 bits per heavy atom. The van der Waals surface area contributed by atoms with Crippen molar-refractivity contribution in [2.45, 2.75) is 44.7 Å². The molecule has 22 heavy (non-hydrogen) atoms. The molecular weight excluding hydrogens is 307 g/mol. The third-order valence-corrected chi connectivity index (χ3v) is 4.21. The van der Waals surface area contributed by atoms with Gasteiger partial charge in [0.25, 0.3) is 0 Å². The van der Waals surface area contributed by atoms with E-state index in [4.69, 9.17) is 10.5 Å². The average molecular weight is 331 g/mol. The summed E-state index contributed by atoms with van der Waals surface area (Å²) in [5.41, 5.74) is 6.36. The fraction of sp³-hybridized carbons (Fsp3) is 0.562. The summed E-state index contributed by atoms with van der Waals surface area (Å²) < 4.78 is 19.1. The van der Waals surface area contributed by atoms with E-state index in [1.165, 1.54) is 13.2 Å². The summed E-state index contributed by atoms with van der Waals surface area (Å²) >= 11 is 0. The second kappa shape index (κ2) is 8.34. The molecule has 6 heteroatoms. The van der Waals surface area contributed by atoms with Crippen molar-refractivity contribution >= 4 is 18.3 Å². The Morgan fingerprint density at radius 1 is 1.50 bits per heavy atom. The van der Waals surface area contributed by atoms with Crippen LogP contribution in [0.4, 0.5) is 4.39 Å². The highest BCUT2D eigenvalue weighted by molar-refractivity contribution is 5.85. The number of carbonyl (C=O) groups is 1. The predicted molar refractivity (Wildman–Crippen MR) is 86.7 cm³/mol. The van der Waals surface area contributed by atoms with Gasteiger partial charge in [-0.1, -0.05) is 12.5 Å². The second-order valence-electron chi connectivity index (χ2n) is 5.70. The Morgan fingerprint density at radius 2 is 2.23 bits per heavy atom. The van der Waals surface area contributed by atoms with Gasteiger partial charge in [-0.3, -0.25) is 4.79 Å². The molecule has 0 radical (unpaired) electrons. The van der Waals surface area contributed by atoms with E-state index in [0.717, 1.165) is 19.3 Å². The molecule has 0 saturated heterocycles. The van der Waals surface area contributed by atoms with Crippen molar-refractivity contribution in [2.75, 3.05) is 7.11 Å². The number of hydrogen-bond donors (Lipinski definition) is 2. The summed E-state index contributed by atoms with van der Waals surface area (Å²) in [5.74, 6) is 0.218. The third kappa shape index (κ3) is 4.34. The number of ether oxygens (including phenoxy) is 1. The van der Waals surface area contributed by atoms with E-state index in [2.05, 4.69) is 5.32 Å². The molecule has 0 spiro atoms. The minimum absolute atomic E-state index is 0. The fourth-order valence-corrected chi connectivity index (χ4v) is 3.05. The first-order valence-electron chi connectivity index (χ1n) is 7.40. The number of carbonyl (C=O) groups excluding carboxylic acids is 1. The van der Waals surface area contributed by atoms with Crippen LogP contribution in [-0.2, 0) is 4.79 Å². The number of amides is 1. The monoisotopic (exact) mass is 330 g/mol. The molecule has 2 rings (SSSR count). The van der Waals surface area contributed by atoms with Crippen LogP contribution in [0.3, 0.4) is 0 Å². The molecule has 1 unspecified atom stereocenters. The first-order valence-corrected chi connectivity index (χ1v) is 7.40. The van der Waals surface area contributed by atoms with Gasteiger partial charge < -0.3 is 15.8 Å². The lowest BCUT2D eigenvalue weighted by Gasteiger charge is -2.20. The lowest BCUT2D eigenvalue weighted by atomic mass is 9.99. The van der Waals surface area contributed by atoms with Gasteiger partial charge in [-0.05, 0) is 37.8 Å². The summed E-state index contributed by atoms with van der Waals surface area (Å²) in [4.78, 5) is 12.1. The molecule has 1 aromatic carbocycles. The van der Waals surface area contributed by atoms with Crippen molar-refractivity contribution in [2.24, 2.45) is 11.7 Å². The lowest BCUT2D eigenvalue weighted by molar-refractivity contribution is -0.122. The van der Waals surface area contributed by atoms with Gasteiger partial charge in [0.1, 0.15) is 11.6 Å². The molecule has 124 valence electrons. The largest absolute Gasteiger partial charge is 0.496 e. The molecule has 3 N–H and O–H groups in total. The van der Waals surface area contributed by atoms with E-state index in [9.17, 15) is 9.18 Å². The zero-order chi connectivity index (χ0) is 15.4. The fourth-order valence-electron chi connectivity index (χ4n) is 3.05. The summed E-state index contributed by atoms with van der Waals surface area (Å²) in [6.07, 6.45) is 3.46. The number of nitrogens with two attached hydrogens (primary N) is 1. The maximum atomic E-state index is 14.0. The SMILES string of the molecule is COc1cccc(F)c1C(C)NC(=O)C[C@@H]1CCC[C@H]1N.Cl. The first-order chi connectivity index (χ1) is 10.0. The van der Waals surface area contributed by atoms with Crippen molar-refractivity contribution in [3.63, 3.8) is 0 Å². The molecule has 1 saturated carbocycles. The third-order valence-electron chi connectivity index (χ3n) is 4.21. The van der Waals surface area contributed by atoms with E-state index >= 15 is 0 Å².